The van der Waals surface area contributed by atoms with Gasteiger partial charge in [0.25, 0.3) is 0 Å². The summed E-state index contributed by atoms with van der Waals surface area (Å²) in [6, 6.07) is 9.75. The second-order valence-corrected chi connectivity index (χ2v) is 4.48. The summed E-state index contributed by atoms with van der Waals surface area (Å²) in [7, 11) is 0. The van der Waals surface area contributed by atoms with E-state index in [-0.39, 0.29) is 11.3 Å². The Kier molecular flexibility index (Phi) is 3.64. The van der Waals surface area contributed by atoms with Gasteiger partial charge in [-0.25, -0.2) is 0 Å². The molecular formula is C11H13N2OS. The molecule has 3 nitrogen and oxygen atoms in total. The van der Waals surface area contributed by atoms with Crippen LogP contribution in [0.3, 0.4) is 0 Å². The summed E-state index contributed by atoms with van der Waals surface area (Å²) in [5, 5.41) is 5.82. The molecule has 0 spiro atoms. The third-order valence-corrected chi connectivity index (χ3v) is 3.29. The Labute approximate surface area is 93.6 Å². The molecule has 15 heavy (non-hydrogen) atoms. The normalized spacial score (nSPS) is 20.1. The van der Waals surface area contributed by atoms with Gasteiger partial charge in [-0.05, 0) is 5.56 Å². The molecule has 1 aliphatic heterocycles. The monoisotopic (exact) mass is 221 g/mol. The van der Waals surface area contributed by atoms with Crippen molar-refractivity contribution in [3.05, 3.63) is 42.4 Å². The number of amides is 1. The van der Waals surface area contributed by atoms with Crippen LogP contribution in [0.15, 0.2) is 30.3 Å². The van der Waals surface area contributed by atoms with E-state index in [4.69, 9.17) is 0 Å². The van der Waals surface area contributed by atoms with E-state index in [1.165, 1.54) is 0 Å². The maximum absolute atomic E-state index is 11.6. The lowest BCUT2D eigenvalue weighted by Gasteiger charge is -2.09. The molecule has 0 aromatic heterocycles. The van der Waals surface area contributed by atoms with Crippen molar-refractivity contribution in [2.45, 2.75) is 5.37 Å². The zero-order valence-electron chi connectivity index (χ0n) is 8.27. The van der Waals surface area contributed by atoms with Gasteiger partial charge in [0.1, 0.15) is 5.37 Å². The number of rotatable bonds is 3. The number of hydrogen-bond donors (Lipinski definition) is 2. The molecule has 0 bridgehead atoms. The van der Waals surface area contributed by atoms with Crippen molar-refractivity contribution in [3.63, 3.8) is 0 Å². The van der Waals surface area contributed by atoms with Crippen LogP contribution in [0.4, 0.5) is 0 Å². The summed E-state index contributed by atoms with van der Waals surface area (Å²) in [4.78, 5) is 11.6. The summed E-state index contributed by atoms with van der Waals surface area (Å²) in [6.45, 7) is 2.65. The topological polar surface area (TPSA) is 41.1 Å². The van der Waals surface area contributed by atoms with Crippen molar-refractivity contribution in [1.29, 1.82) is 0 Å². The van der Waals surface area contributed by atoms with Crippen LogP contribution in [0, 0.1) is 6.54 Å². The Morgan fingerprint density at radius 3 is 2.93 bits per heavy atom. The molecule has 1 atom stereocenters. The predicted octanol–water partition coefficient (Wildman–Crippen LogP) is 0.975. The van der Waals surface area contributed by atoms with Gasteiger partial charge in [-0.3, -0.25) is 10.1 Å². The maximum Gasteiger partial charge on any atom is 0.248 e. The van der Waals surface area contributed by atoms with Gasteiger partial charge in [0.05, 0.1) is 6.54 Å². The van der Waals surface area contributed by atoms with Gasteiger partial charge in [0.2, 0.25) is 5.91 Å². The largest absolute Gasteiger partial charge is 0.345 e. The molecule has 1 heterocycles. The smallest absolute Gasteiger partial charge is 0.248 e. The van der Waals surface area contributed by atoms with Gasteiger partial charge in [0, 0.05) is 12.3 Å². The van der Waals surface area contributed by atoms with Crippen molar-refractivity contribution in [2.75, 3.05) is 12.3 Å². The molecule has 1 saturated heterocycles. The fraction of sp³-hybridized carbons (Fsp3) is 0.273. The molecule has 1 radical (unpaired) electrons. The van der Waals surface area contributed by atoms with E-state index in [1.807, 2.05) is 30.3 Å². The Morgan fingerprint density at radius 1 is 1.47 bits per heavy atom. The van der Waals surface area contributed by atoms with Crippen LogP contribution >= 0.6 is 11.8 Å². The fourth-order valence-electron chi connectivity index (χ4n) is 1.37. The molecule has 1 aliphatic rings. The van der Waals surface area contributed by atoms with Crippen LogP contribution in [-0.2, 0) is 4.79 Å². The molecule has 0 saturated carbocycles. The molecule has 0 aliphatic carbocycles. The quantitative estimate of drug-likeness (QED) is 0.799. The molecule has 1 unspecified atom stereocenters. The number of benzene rings is 1. The lowest BCUT2D eigenvalue weighted by molar-refractivity contribution is -0.120. The molecular weight excluding hydrogens is 208 g/mol. The number of hydrogen-bond acceptors (Lipinski definition) is 3. The summed E-state index contributed by atoms with van der Waals surface area (Å²) < 4.78 is 0. The highest BCUT2D eigenvalue weighted by Gasteiger charge is 2.21. The van der Waals surface area contributed by atoms with Gasteiger partial charge in [-0.15, -0.1) is 11.8 Å². The van der Waals surface area contributed by atoms with E-state index < -0.39 is 0 Å². The standard InChI is InChI=1S/C11H13N2OS/c14-10(11-12-6-7-15-11)13-8-9-4-2-1-3-5-9/h1-5,8,11-12H,6-7H2,(H,13,14). The third-order valence-electron chi connectivity index (χ3n) is 2.14. The second-order valence-electron chi connectivity index (χ2n) is 3.27. The number of thioether (sulfide) groups is 1. The molecule has 1 aromatic carbocycles. The van der Waals surface area contributed by atoms with Crippen molar-refractivity contribution in [3.8, 4) is 0 Å². The van der Waals surface area contributed by atoms with Crippen LogP contribution in [0.2, 0.25) is 0 Å². The van der Waals surface area contributed by atoms with Crippen LogP contribution in [0.5, 0.6) is 0 Å². The van der Waals surface area contributed by atoms with Crippen LogP contribution < -0.4 is 10.6 Å². The average molecular weight is 221 g/mol. The van der Waals surface area contributed by atoms with Gasteiger partial charge in [0.15, 0.2) is 0 Å². The van der Waals surface area contributed by atoms with Gasteiger partial charge < -0.3 is 5.32 Å². The summed E-state index contributed by atoms with van der Waals surface area (Å²) in [5.74, 6) is 1.03. The number of nitrogens with one attached hydrogen (secondary N) is 2. The lowest BCUT2D eigenvalue weighted by Crippen LogP contribution is -2.37. The highest BCUT2D eigenvalue weighted by molar-refractivity contribution is 8.00. The minimum atomic E-state index is -0.0926. The van der Waals surface area contributed by atoms with E-state index in [0.717, 1.165) is 17.9 Å². The molecule has 1 fully saturated rings. The van der Waals surface area contributed by atoms with E-state index in [1.54, 1.807) is 18.3 Å². The van der Waals surface area contributed by atoms with E-state index in [0.29, 0.717) is 0 Å². The number of carbonyl (C=O) groups is 1. The van der Waals surface area contributed by atoms with Crippen molar-refractivity contribution < 1.29 is 4.79 Å². The highest BCUT2D eigenvalue weighted by Crippen LogP contribution is 2.13. The average Bonchev–Trinajstić information content (AvgIpc) is 2.81. The van der Waals surface area contributed by atoms with E-state index in [2.05, 4.69) is 10.6 Å². The van der Waals surface area contributed by atoms with Gasteiger partial charge in [-0.2, -0.15) is 0 Å². The van der Waals surface area contributed by atoms with Crippen LogP contribution in [0.1, 0.15) is 5.56 Å². The first kappa shape index (κ1) is 10.5. The molecule has 79 valence electrons. The zero-order chi connectivity index (χ0) is 10.5. The lowest BCUT2D eigenvalue weighted by atomic mass is 10.2. The first-order valence-electron chi connectivity index (χ1n) is 4.90. The first-order chi connectivity index (χ1) is 7.36. The zero-order valence-corrected chi connectivity index (χ0v) is 9.09. The SMILES string of the molecule is O=C(N[CH]c1ccccc1)C1NCCS1. The summed E-state index contributed by atoms with van der Waals surface area (Å²) in [6.07, 6.45) is 0. The Balaban J connectivity index is 1.80. The maximum atomic E-state index is 11.6. The van der Waals surface area contributed by atoms with E-state index >= 15 is 0 Å². The van der Waals surface area contributed by atoms with Crippen molar-refractivity contribution in [2.24, 2.45) is 0 Å². The first-order valence-corrected chi connectivity index (χ1v) is 5.95. The Bertz CT molecular complexity index is 323. The second kappa shape index (κ2) is 5.19. The summed E-state index contributed by atoms with van der Waals surface area (Å²) in [5.41, 5.74) is 1.01. The Morgan fingerprint density at radius 2 is 2.27 bits per heavy atom. The highest BCUT2D eigenvalue weighted by atomic mass is 32.2. The number of carbonyl (C=O) groups excluding carboxylic acids is 1. The predicted molar refractivity (Wildman–Crippen MR) is 62.2 cm³/mol. The minimum Gasteiger partial charge on any atom is -0.345 e. The van der Waals surface area contributed by atoms with Crippen molar-refractivity contribution >= 4 is 17.7 Å². The van der Waals surface area contributed by atoms with E-state index in [9.17, 15) is 4.79 Å². The minimum absolute atomic E-state index is 0.0290. The Hall–Kier alpha value is -1.00. The third kappa shape index (κ3) is 2.97. The van der Waals surface area contributed by atoms with Gasteiger partial charge in [-0.1, -0.05) is 30.3 Å². The van der Waals surface area contributed by atoms with Crippen LogP contribution in [-0.4, -0.2) is 23.6 Å². The molecule has 1 amide bonds. The molecule has 2 N–H and O–H groups in total. The fourth-order valence-corrected chi connectivity index (χ4v) is 2.30. The molecule has 1 aromatic rings. The molecule has 4 heteroatoms. The summed E-state index contributed by atoms with van der Waals surface area (Å²) >= 11 is 1.64. The van der Waals surface area contributed by atoms with Crippen molar-refractivity contribution in [1.82, 2.24) is 10.6 Å². The molecule has 2 rings (SSSR count). The van der Waals surface area contributed by atoms with Gasteiger partial charge >= 0.3 is 0 Å². The van der Waals surface area contributed by atoms with Crippen LogP contribution in [0.25, 0.3) is 0 Å².